The molecule has 1 fully saturated rings. The van der Waals surface area contributed by atoms with Crippen LogP contribution in [0.3, 0.4) is 0 Å². The summed E-state index contributed by atoms with van der Waals surface area (Å²) in [5, 5.41) is 0. The lowest BCUT2D eigenvalue weighted by Gasteiger charge is -2.27. The first-order valence-electron chi connectivity index (χ1n) is 5.65. The zero-order valence-electron chi connectivity index (χ0n) is 8.34. The Balaban J connectivity index is 1.84. The average Bonchev–Trinajstić information content (AvgIpc) is 2.55. The molecule has 0 unspecified atom stereocenters. The van der Waals surface area contributed by atoms with Gasteiger partial charge in [-0.3, -0.25) is 4.99 Å². The molecule has 1 radical (unpaired) electrons. The summed E-state index contributed by atoms with van der Waals surface area (Å²) in [6, 6.07) is 0.756. The highest BCUT2D eigenvalue weighted by Gasteiger charge is 2.19. The van der Waals surface area contributed by atoms with Crippen molar-refractivity contribution in [3.05, 3.63) is 0 Å². The van der Waals surface area contributed by atoms with E-state index in [1.165, 1.54) is 44.9 Å². The van der Waals surface area contributed by atoms with Crippen molar-refractivity contribution < 1.29 is 0 Å². The Labute approximate surface area is 81.0 Å². The second-order valence-electron chi connectivity index (χ2n) is 4.17. The first kappa shape index (κ1) is 9.04. The zero-order chi connectivity index (χ0) is 8.93. The molecule has 0 bridgehead atoms. The zero-order valence-corrected chi connectivity index (χ0v) is 8.34. The first-order valence-corrected chi connectivity index (χ1v) is 5.65. The standard InChI is InChI=1S/C11H19N2/c1-2-4-6-11(7-5-3-1)13-9-8-12-10-13/h11H,1-9H2. The molecule has 0 aromatic heterocycles. The van der Waals surface area contributed by atoms with Crippen LogP contribution in [-0.4, -0.2) is 30.4 Å². The van der Waals surface area contributed by atoms with Crippen LogP contribution >= 0.6 is 0 Å². The molecule has 0 N–H and O–H groups in total. The number of hydrogen-bond donors (Lipinski definition) is 0. The van der Waals surface area contributed by atoms with Crippen molar-refractivity contribution in [3.8, 4) is 0 Å². The van der Waals surface area contributed by atoms with Crippen LogP contribution in [-0.2, 0) is 0 Å². The smallest absolute Gasteiger partial charge is 0.167 e. The molecule has 2 heteroatoms. The highest BCUT2D eigenvalue weighted by Crippen LogP contribution is 2.21. The van der Waals surface area contributed by atoms with Gasteiger partial charge in [0.15, 0.2) is 6.34 Å². The second-order valence-corrected chi connectivity index (χ2v) is 4.17. The monoisotopic (exact) mass is 179 g/mol. The van der Waals surface area contributed by atoms with Crippen LogP contribution in [0, 0.1) is 0 Å². The van der Waals surface area contributed by atoms with Crippen molar-refractivity contribution in [2.24, 2.45) is 4.99 Å². The molecule has 0 saturated heterocycles. The summed E-state index contributed by atoms with van der Waals surface area (Å²) < 4.78 is 0. The van der Waals surface area contributed by atoms with Crippen molar-refractivity contribution in [2.45, 2.75) is 51.0 Å². The molecule has 1 heterocycles. The van der Waals surface area contributed by atoms with E-state index in [0.29, 0.717) is 0 Å². The van der Waals surface area contributed by atoms with Gasteiger partial charge in [0, 0.05) is 12.6 Å². The highest BCUT2D eigenvalue weighted by atomic mass is 15.2. The van der Waals surface area contributed by atoms with Crippen molar-refractivity contribution >= 4 is 6.34 Å². The number of hydrogen-bond acceptors (Lipinski definition) is 2. The molecule has 1 aliphatic carbocycles. The largest absolute Gasteiger partial charge is 0.349 e. The van der Waals surface area contributed by atoms with Gasteiger partial charge < -0.3 is 4.90 Å². The van der Waals surface area contributed by atoms with Crippen LogP contribution in [0.5, 0.6) is 0 Å². The van der Waals surface area contributed by atoms with Crippen LogP contribution in [0.1, 0.15) is 44.9 Å². The lowest BCUT2D eigenvalue weighted by Crippen LogP contribution is -2.33. The van der Waals surface area contributed by atoms with E-state index in [1.807, 2.05) is 0 Å². The molecule has 73 valence electrons. The molecule has 2 aliphatic rings. The lowest BCUT2D eigenvalue weighted by molar-refractivity contribution is 0.280. The quantitative estimate of drug-likeness (QED) is 0.603. The molecule has 1 aliphatic heterocycles. The fourth-order valence-electron chi connectivity index (χ4n) is 2.36. The molecular formula is C11H19N2. The van der Waals surface area contributed by atoms with Gasteiger partial charge in [0.05, 0.1) is 6.54 Å². The Hall–Kier alpha value is -0.530. The Morgan fingerprint density at radius 2 is 1.69 bits per heavy atom. The molecule has 0 aromatic rings. The van der Waals surface area contributed by atoms with Gasteiger partial charge in [-0.2, -0.15) is 0 Å². The summed E-state index contributed by atoms with van der Waals surface area (Å²) in [7, 11) is 0. The Kier molecular flexibility index (Phi) is 3.22. The van der Waals surface area contributed by atoms with E-state index in [-0.39, 0.29) is 0 Å². The number of aliphatic imine (C=N–C) groups is 1. The minimum absolute atomic E-state index is 0.756. The molecule has 0 aromatic carbocycles. The van der Waals surface area contributed by atoms with E-state index < -0.39 is 0 Å². The Bertz CT molecular complexity index is 169. The third-order valence-corrected chi connectivity index (χ3v) is 3.17. The van der Waals surface area contributed by atoms with E-state index in [4.69, 9.17) is 0 Å². The molecule has 0 spiro atoms. The van der Waals surface area contributed by atoms with Crippen LogP contribution in [0.4, 0.5) is 0 Å². The fraction of sp³-hybridized carbons (Fsp3) is 0.909. The molecular weight excluding hydrogens is 160 g/mol. The van der Waals surface area contributed by atoms with Crippen molar-refractivity contribution in [3.63, 3.8) is 0 Å². The van der Waals surface area contributed by atoms with Crippen LogP contribution in [0.2, 0.25) is 0 Å². The topological polar surface area (TPSA) is 15.6 Å². The van der Waals surface area contributed by atoms with E-state index in [9.17, 15) is 0 Å². The number of nitrogens with zero attached hydrogens (tertiary/aromatic N) is 2. The molecule has 13 heavy (non-hydrogen) atoms. The summed E-state index contributed by atoms with van der Waals surface area (Å²) in [6.45, 7) is 2.08. The van der Waals surface area contributed by atoms with Crippen LogP contribution in [0.25, 0.3) is 0 Å². The summed E-state index contributed by atoms with van der Waals surface area (Å²) >= 11 is 0. The summed E-state index contributed by atoms with van der Waals surface area (Å²) in [6.07, 6.45) is 13.0. The molecule has 0 amide bonds. The van der Waals surface area contributed by atoms with Crippen LogP contribution in [0.15, 0.2) is 4.99 Å². The molecule has 1 saturated carbocycles. The average molecular weight is 179 g/mol. The minimum Gasteiger partial charge on any atom is -0.349 e. The predicted molar refractivity (Wildman–Crippen MR) is 55.1 cm³/mol. The highest BCUT2D eigenvalue weighted by molar-refractivity contribution is 5.57. The molecule has 2 nitrogen and oxygen atoms in total. The number of rotatable bonds is 1. The van der Waals surface area contributed by atoms with Crippen LogP contribution < -0.4 is 0 Å². The maximum absolute atomic E-state index is 4.17. The van der Waals surface area contributed by atoms with Gasteiger partial charge >= 0.3 is 0 Å². The van der Waals surface area contributed by atoms with Gasteiger partial charge in [0.2, 0.25) is 0 Å². The van der Waals surface area contributed by atoms with Gasteiger partial charge in [-0.1, -0.05) is 32.1 Å². The lowest BCUT2D eigenvalue weighted by atomic mass is 9.96. The van der Waals surface area contributed by atoms with Crippen molar-refractivity contribution in [1.82, 2.24) is 4.90 Å². The van der Waals surface area contributed by atoms with Gasteiger partial charge in [-0.05, 0) is 12.8 Å². The predicted octanol–water partition coefficient (Wildman–Crippen LogP) is 2.32. The SMILES string of the molecule is [C]1=NCCN1C1CCCCCCC1. The fourth-order valence-corrected chi connectivity index (χ4v) is 2.36. The maximum atomic E-state index is 4.17. The van der Waals surface area contributed by atoms with Gasteiger partial charge in [-0.15, -0.1) is 0 Å². The van der Waals surface area contributed by atoms with Gasteiger partial charge in [0.25, 0.3) is 0 Å². The molecule has 2 rings (SSSR count). The van der Waals surface area contributed by atoms with Gasteiger partial charge in [0.1, 0.15) is 0 Å². The third-order valence-electron chi connectivity index (χ3n) is 3.17. The van der Waals surface area contributed by atoms with Crippen molar-refractivity contribution in [1.29, 1.82) is 0 Å². The summed E-state index contributed by atoms with van der Waals surface area (Å²) in [4.78, 5) is 6.51. The third kappa shape index (κ3) is 2.45. The second kappa shape index (κ2) is 4.64. The van der Waals surface area contributed by atoms with Crippen molar-refractivity contribution in [2.75, 3.05) is 13.1 Å². The first-order chi connectivity index (χ1) is 6.47. The minimum atomic E-state index is 0.756. The molecule has 0 atom stereocenters. The van der Waals surface area contributed by atoms with E-state index in [1.54, 1.807) is 0 Å². The maximum Gasteiger partial charge on any atom is 0.167 e. The Morgan fingerprint density at radius 1 is 1.00 bits per heavy atom. The Morgan fingerprint density at radius 3 is 2.31 bits per heavy atom. The normalized spacial score (nSPS) is 26.0. The summed E-state index contributed by atoms with van der Waals surface area (Å²) in [5.74, 6) is 0. The van der Waals surface area contributed by atoms with E-state index in [0.717, 1.165) is 19.1 Å². The van der Waals surface area contributed by atoms with E-state index >= 15 is 0 Å². The van der Waals surface area contributed by atoms with E-state index in [2.05, 4.69) is 16.2 Å². The summed E-state index contributed by atoms with van der Waals surface area (Å²) in [5.41, 5.74) is 0. The van der Waals surface area contributed by atoms with Gasteiger partial charge in [-0.25, -0.2) is 0 Å².